The van der Waals surface area contributed by atoms with Crippen molar-refractivity contribution in [3.8, 4) is 0 Å². The van der Waals surface area contributed by atoms with Crippen molar-refractivity contribution >= 4 is 27.5 Å². The van der Waals surface area contributed by atoms with E-state index >= 15 is 0 Å². The molecule has 1 aliphatic heterocycles. The summed E-state index contributed by atoms with van der Waals surface area (Å²) in [5.74, 6) is -0.374. The Hall–Kier alpha value is -1.89. The number of sulfonamides is 1. The van der Waals surface area contributed by atoms with E-state index in [4.69, 9.17) is 11.6 Å². The van der Waals surface area contributed by atoms with Gasteiger partial charge in [-0.3, -0.25) is 4.79 Å². The van der Waals surface area contributed by atoms with Gasteiger partial charge >= 0.3 is 0 Å². The number of benzene rings is 2. The molecular weight excluding hydrogens is 420 g/mol. The van der Waals surface area contributed by atoms with E-state index in [2.05, 4.69) is 11.4 Å². The molecule has 2 aromatic rings. The lowest BCUT2D eigenvalue weighted by Gasteiger charge is -2.26. The summed E-state index contributed by atoms with van der Waals surface area (Å²) < 4.78 is 27.5. The summed E-state index contributed by atoms with van der Waals surface area (Å²) in [6, 6.07) is 10.3. The molecule has 0 saturated carbocycles. The number of amides is 1. The van der Waals surface area contributed by atoms with Crippen LogP contribution in [0, 0.1) is 13.8 Å². The van der Waals surface area contributed by atoms with Gasteiger partial charge < -0.3 is 5.32 Å². The Labute approximate surface area is 184 Å². The monoisotopic (exact) mass is 448 g/mol. The van der Waals surface area contributed by atoms with E-state index in [1.807, 2.05) is 32.9 Å². The van der Waals surface area contributed by atoms with Crippen molar-refractivity contribution in [3.05, 3.63) is 63.7 Å². The summed E-state index contributed by atoms with van der Waals surface area (Å²) in [5.41, 5.74) is 3.55. The lowest BCUT2D eigenvalue weighted by Crippen LogP contribution is -2.35. The molecule has 162 valence electrons. The standard InChI is InChI=1S/C23H29ClN2O3S/c1-4-22(18-9-8-16(2)17(3)14-18)25-23(27)20-15-19(10-11-21(20)24)30(28,29)26-12-6-5-7-13-26/h8-11,14-15,22H,4-7,12-13H2,1-3H3,(H,25,27)/t22-/m1/s1. The Bertz CT molecular complexity index is 1030. The van der Waals surface area contributed by atoms with Gasteiger partial charge in [-0.2, -0.15) is 4.31 Å². The molecule has 0 radical (unpaired) electrons. The normalized spacial score (nSPS) is 16.3. The van der Waals surface area contributed by atoms with Gasteiger partial charge in [0.2, 0.25) is 10.0 Å². The summed E-state index contributed by atoms with van der Waals surface area (Å²) in [6.45, 7) is 7.11. The smallest absolute Gasteiger partial charge is 0.253 e. The molecule has 0 spiro atoms. The van der Waals surface area contributed by atoms with Crippen LogP contribution in [0.4, 0.5) is 0 Å². The van der Waals surface area contributed by atoms with Gasteiger partial charge in [-0.05, 0) is 68.0 Å². The van der Waals surface area contributed by atoms with Crippen LogP contribution < -0.4 is 5.32 Å². The van der Waals surface area contributed by atoms with Crippen LogP contribution in [0.3, 0.4) is 0 Å². The Morgan fingerprint density at radius 1 is 1.07 bits per heavy atom. The van der Waals surface area contributed by atoms with Crippen molar-refractivity contribution in [2.24, 2.45) is 0 Å². The highest BCUT2D eigenvalue weighted by molar-refractivity contribution is 7.89. The first-order valence-electron chi connectivity index (χ1n) is 10.4. The fraction of sp³-hybridized carbons (Fsp3) is 0.435. The minimum atomic E-state index is -3.64. The van der Waals surface area contributed by atoms with Gasteiger partial charge in [-0.15, -0.1) is 0 Å². The van der Waals surface area contributed by atoms with Crippen molar-refractivity contribution < 1.29 is 13.2 Å². The average molecular weight is 449 g/mol. The summed E-state index contributed by atoms with van der Waals surface area (Å²) in [4.78, 5) is 13.1. The summed E-state index contributed by atoms with van der Waals surface area (Å²) >= 11 is 6.28. The van der Waals surface area contributed by atoms with Crippen molar-refractivity contribution in [2.45, 2.75) is 57.4 Å². The molecule has 7 heteroatoms. The predicted octanol–water partition coefficient (Wildman–Crippen LogP) is 5.01. The van der Waals surface area contributed by atoms with Gasteiger partial charge in [0.1, 0.15) is 0 Å². The zero-order valence-corrected chi connectivity index (χ0v) is 19.3. The molecule has 30 heavy (non-hydrogen) atoms. The van der Waals surface area contributed by atoms with E-state index in [-0.39, 0.29) is 27.4 Å². The van der Waals surface area contributed by atoms with Gasteiger partial charge in [0.25, 0.3) is 5.91 Å². The van der Waals surface area contributed by atoms with Crippen LogP contribution in [-0.4, -0.2) is 31.7 Å². The Kier molecular flexibility index (Phi) is 7.22. The molecule has 1 N–H and O–H groups in total. The topological polar surface area (TPSA) is 66.5 Å². The minimum Gasteiger partial charge on any atom is -0.345 e. The number of rotatable bonds is 6. The Balaban J connectivity index is 1.86. The molecule has 3 rings (SSSR count). The molecular formula is C23H29ClN2O3S. The quantitative estimate of drug-likeness (QED) is 0.675. The molecule has 2 aromatic carbocycles. The molecule has 1 fully saturated rings. The largest absolute Gasteiger partial charge is 0.345 e. The molecule has 0 bridgehead atoms. The van der Waals surface area contributed by atoms with Gasteiger partial charge in [-0.25, -0.2) is 8.42 Å². The minimum absolute atomic E-state index is 0.109. The zero-order valence-electron chi connectivity index (χ0n) is 17.7. The number of aryl methyl sites for hydroxylation is 2. The van der Waals surface area contributed by atoms with Crippen LogP contribution in [0.25, 0.3) is 0 Å². The van der Waals surface area contributed by atoms with E-state index in [0.29, 0.717) is 19.5 Å². The number of nitrogens with one attached hydrogen (secondary N) is 1. The fourth-order valence-electron chi connectivity index (χ4n) is 3.73. The summed E-state index contributed by atoms with van der Waals surface area (Å²) in [5, 5.41) is 3.25. The SMILES string of the molecule is CC[C@@H](NC(=O)c1cc(S(=O)(=O)N2CCCCC2)ccc1Cl)c1ccc(C)c(C)c1. The number of hydrogen-bond acceptors (Lipinski definition) is 3. The first-order chi connectivity index (χ1) is 14.2. The molecule has 0 unspecified atom stereocenters. The van der Waals surface area contributed by atoms with Crippen LogP contribution in [0.1, 0.15) is 65.7 Å². The molecule has 1 saturated heterocycles. The second kappa shape index (κ2) is 9.50. The third-order valence-electron chi connectivity index (χ3n) is 5.78. The first kappa shape index (κ1) is 22.8. The molecule has 5 nitrogen and oxygen atoms in total. The van der Waals surface area contributed by atoms with Crippen LogP contribution in [0.2, 0.25) is 5.02 Å². The van der Waals surface area contributed by atoms with Gasteiger partial charge in [0.15, 0.2) is 0 Å². The second-order valence-electron chi connectivity index (χ2n) is 7.88. The van der Waals surface area contributed by atoms with E-state index in [1.165, 1.54) is 28.1 Å². The van der Waals surface area contributed by atoms with Crippen LogP contribution in [0.15, 0.2) is 41.3 Å². The van der Waals surface area contributed by atoms with Gasteiger partial charge in [0, 0.05) is 13.1 Å². The highest BCUT2D eigenvalue weighted by Crippen LogP contribution is 2.26. The molecule has 1 amide bonds. The highest BCUT2D eigenvalue weighted by atomic mass is 35.5. The predicted molar refractivity (Wildman–Crippen MR) is 120 cm³/mol. The van der Waals surface area contributed by atoms with Crippen LogP contribution in [-0.2, 0) is 10.0 Å². The molecule has 0 aliphatic carbocycles. The van der Waals surface area contributed by atoms with Gasteiger partial charge in [-0.1, -0.05) is 43.1 Å². The van der Waals surface area contributed by atoms with Gasteiger partial charge in [0.05, 0.1) is 21.5 Å². The number of halogens is 1. The van der Waals surface area contributed by atoms with Crippen molar-refractivity contribution in [1.82, 2.24) is 9.62 Å². The van der Waals surface area contributed by atoms with Crippen molar-refractivity contribution in [1.29, 1.82) is 0 Å². The summed E-state index contributed by atoms with van der Waals surface area (Å²) in [6.07, 6.45) is 3.46. The first-order valence-corrected chi connectivity index (χ1v) is 12.2. The zero-order chi connectivity index (χ0) is 21.9. The number of piperidine rings is 1. The molecule has 1 atom stereocenters. The number of carbonyl (C=O) groups excluding carboxylic acids is 1. The fourth-order valence-corrected chi connectivity index (χ4v) is 5.48. The van der Waals surface area contributed by atoms with Crippen molar-refractivity contribution in [3.63, 3.8) is 0 Å². The average Bonchev–Trinajstić information content (AvgIpc) is 2.74. The Morgan fingerprint density at radius 3 is 2.40 bits per heavy atom. The van der Waals surface area contributed by atoms with E-state index in [9.17, 15) is 13.2 Å². The summed E-state index contributed by atoms with van der Waals surface area (Å²) in [7, 11) is -3.64. The molecule has 0 aromatic heterocycles. The number of carbonyl (C=O) groups is 1. The highest BCUT2D eigenvalue weighted by Gasteiger charge is 2.27. The van der Waals surface area contributed by atoms with Crippen LogP contribution in [0.5, 0.6) is 0 Å². The number of nitrogens with zero attached hydrogens (tertiary/aromatic N) is 1. The van der Waals surface area contributed by atoms with E-state index in [1.54, 1.807) is 0 Å². The molecule has 1 aliphatic rings. The number of hydrogen-bond donors (Lipinski definition) is 1. The lowest BCUT2D eigenvalue weighted by molar-refractivity contribution is 0.0935. The second-order valence-corrected chi connectivity index (χ2v) is 10.2. The third-order valence-corrected chi connectivity index (χ3v) is 8.01. The Morgan fingerprint density at radius 2 is 1.77 bits per heavy atom. The maximum Gasteiger partial charge on any atom is 0.253 e. The molecule has 1 heterocycles. The van der Waals surface area contributed by atoms with Crippen LogP contribution >= 0.6 is 11.6 Å². The van der Waals surface area contributed by atoms with E-state index < -0.39 is 10.0 Å². The maximum atomic E-state index is 13.0. The van der Waals surface area contributed by atoms with Crippen molar-refractivity contribution in [2.75, 3.05) is 13.1 Å². The lowest BCUT2D eigenvalue weighted by atomic mass is 9.99. The third kappa shape index (κ3) is 4.88. The maximum absolute atomic E-state index is 13.0. The van der Waals surface area contributed by atoms with E-state index in [0.717, 1.165) is 30.4 Å².